The van der Waals surface area contributed by atoms with Crippen molar-refractivity contribution in [2.24, 2.45) is 0 Å². The SMILES string of the molecule is Cc1ccc(-c2nnc(SCC(=O)N(CCC#N)c3ccccc3)n2-c2ccccc2C(C)C)cc1. The number of carbonyl (C=O) groups excluding carboxylic acids is 1. The molecule has 4 aromatic rings. The average Bonchev–Trinajstić information content (AvgIpc) is 3.32. The lowest BCUT2D eigenvalue weighted by Gasteiger charge is -2.22. The van der Waals surface area contributed by atoms with E-state index < -0.39 is 0 Å². The minimum absolute atomic E-state index is 0.0787. The molecular weight excluding hydrogens is 466 g/mol. The van der Waals surface area contributed by atoms with Gasteiger partial charge in [-0.25, -0.2) is 0 Å². The van der Waals surface area contributed by atoms with E-state index in [0.717, 1.165) is 22.8 Å². The highest BCUT2D eigenvalue weighted by atomic mass is 32.2. The van der Waals surface area contributed by atoms with Crippen molar-refractivity contribution in [3.63, 3.8) is 0 Å². The Hall–Kier alpha value is -3.89. The van der Waals surface area contributed by atoms with Gasteiger partial charge in [-0.05, 0) is 36.6 Å². The van der Waals surface area contributed by atoms with Gasteiger partial charge in [0.2, 0.25) is 5.91 Å². The zero-order valence-electron chi connectivity index (χ0n) is 20.8. The van der Waals surface area contributed by atoms with Crippen molar-refractivity contribution in [2.45, 2.75) is 38.3 Å². The van der Waals surface area contributed by atoms with Crippen LogP contribution in [0, 0.1) is 18.3 Å². The Morgan fingerprint density at radius 3 is 2.39 bits per heavy atom. The summed E-state index contributed by atoms with van der Waals surface area (Å²) < 4.78 is 2.06. The van der Waals surface area contributed by atoms with Crippen LogP contribution in [-0.4, -0.2) is 33.0 Å². The Kier molecular flexibility index (Phi) is 8.19. The molecule has 4 rings (SSSR count). The molecule has 1 amide bonds. The normalized spacial score (nSPS) is 10.9. The Morgan fingerprint density at radius 2 is 1.69 bits per heavy atom. The number of nitriles is 1. The zero-order chi connectivity index (χ0) is 25.5. The van der Waals surface area contributed by atoms with Gasteiger partial charge in [0.25, 0.3) is 0 Å². The molecule has 0 atom stereocenters. The van der Waals surface area contributed by atoms with Crippen LogP contribution >= 0.6 is 11.8 Å². The fourth-order valence-corrected chi connectivity index (χ4v) is 4.84. The van der Waals surface area contributed by atoms with Crippen LogP contribution in [0.4, 0.5) is 5.69 Å². The highest BCUT2D eigenvalue weighted by Gasteiger charge is 2.22. The third-order valence-corrected chi connectivity index (χ3v) is 6.80. The summed E-state index contributed by atoms with van der Waals surface area (Å²) >= 11 is 1.36. The molecule has 7 heteroatoms. The smallest absolute Gasteiger partial charge is 0.237 e. The Bertz CT molecular complexity index is 1360. The summed E-state index contributed by atoms with van der Waals surface area (Å²) in [6, 6.07) is 28.1. The van der Waals surface area contributed by atoms with Crippen LogP contribution < -0.4 is 4.90 Å². The molecule has 0 N–H and O–H groups in total. The Balaban J connectivity index is 1.70. The molecule has 0 fully saturated rings. The zero-order valence-corrected chi connectivity index (χ0v) is 21.6. The summed E-state index contributed by atoms with van der Waals surface area (Å²) in [5.74, 6) is 1.14. The number of hydrogen-bond acceptors (Lipinski definition) is 5. The average molecular weight is 496 g/mol. The first-order valence-corrected chi connectivity index (χ1v) is 12.9. The summed E-state index contributed by atoms with van der Waals surface area (Å²) in [5.41, 5.74) is 5.10. The lowest BCUT2D eigenvalue weighted by molar-refractivity contribution is -0.116. The molecule has 6 nitrogen and oxygen atoms in total. The molecule has 0 radical (unpaired) electrons. The minimum Gasteiger partial charge on any atom is -0.311 e. The van der Waals surface area contributed by atoms with Gasteiger partial charge in [-0.15, -0.1) is 10.2 Å². The molecule has 0 saturated heterocycles. The number of amides is 1. The molecule has 0 aliphatic heterocycles. The molecule has 3 aromatic carbocycles. The van der Waals surface area contributed by atoms with E-state index in [9.17, 15) is 4.79 Å². The minimum atomic E-state index is -0.0787. The Morgan fingerprint density at radius 1 is 1.00 bits per heavy atom. The summed E-state index contributed by atoms with van der Waals surface area (Å²) in [5, 5.41) is 18.8. The fraction of sp³-hybridized carbons (Fsp3) is 0.241. The predicted molar refractivity (Wildman–Crippen MR) is 145 cm³/mol. The monoisotopic (exact) mass is 495 g/mol. The third-order valence-electron chi connectivity index (χ3n) is 5.88. The number of benzene rings is 3. The largest absolute Gasteiger partial charge is 0.311 e. The van der Waals surface area contributed by atoms with Crippen molar-refractivity contribution in [3.05, 3.63) is 90.0 Å². The molecule has 0 saturated carbocycles. The van der Waals surface area contributed by atoms with Crippen molar-refractivity contribution in [1.82, 2.24) is 14.8 Å². The van der Waals surface area contributed by atoms with Crippen LogP contribution in [-0.2, 0) is 4.79 Å². The van der Waals surface area contributed by atoms with E-state index in [0.29, 0.717) is 17.6 Å². The van der Waals surface area contributed by atoms with Crippen molar-refractivity contribution in [1.29, 1.82) is 5.26 Å². The molecule has 0 bridgehead atoms. The standard InChI is InChI=1S/C29H29N5OS/c1-21(2)25-12-7-8-13-26(25)34-28(23-16-14-22(3)15-17-23)31-32-29(34)36-20-27(35)33(19-9-18-30)24-10-5-4-6-11-24/h4-8,10-17,21H,9,19-20H2,1-3H3. The maximum absolute atomic E-state index is 13.3. The van der Waals surface area contributed by atoms with Gasteiger partial charge < -0.3 is 4.90 Å². The summed E-state index contributed by atoms with van der Waals surface area (Å²) in [6.07, 6.45) is 0.265. The second kappa shape index (κ2) is 11.7. The molecule has 0 spiro atoms. The van der Waals surface area contributed by atoms with Gasteiger partial charge in [0.05, 0.1) is 23.9 Å². The Labute approximate surface area is 216 Å². The lowest BCUT2D eigenvalue weighted by Crippen LogP contribution is -2.33. The van der Waals surface area contributed by atoms with Gasteiger partial charge in [-0.2, -0.15) is 5.26 Å². The molecule has 182 valence electrons. The number of anilines is 1. The maximum atomic E-state index is 13.3. The van der Waals surface area contributed by atoms with E-state index in [1.165, 1.54) is 22.9 Å². The molecule has 0 unspecified atom stereocenters. The summed E-state index contributed by atoms with van der Waals surface area (Å²) in [6.45, 7) is 6.73. The van der Waals surface area contributed by atoms with Gasteiger partial charge >= 0.3 is 0 Å². The fourth-order valence-electron chi connectivity index (χ4n) is 4.02. The van der Waals surface area contributed by atoms with Crippen molar-refractivity contribution >= 4 is 23.4 Å². The van der Waals surface area contributed by atoms with Crippen LogP contribution in [0.1, 0.15) is 37.3 Å². The van der Waals surface area contributed by atoms with E-state index in [2.05, 4.69) is 65.9 Å². The number of carbonyl (C=O) groups is 1. The van der Waals surface area contributed by atoms with Gasteiger partial charge in [0, 0.05) is 17.8 Å². The predicted octanol–water partition coefficient (Wildman–Crippen LogP) is 6.41. The second-order valence-electron chi connectivity index (χ2n) is 8.80. The summed E-state index contributed by atoms with van der Waals surface area (Å²) in [7, 11) is 0. The van der Waals surface area contributed by atoms with Crippen LogP contribution in [0.15, 0.2) is 84.0 Å². The van der Waals surface area contributed by atoms with Crippen molar-refractivity contribution in [3.8, 4) is 23.1 Å². The van der Waals surface area contributed by atoms with E-state index in [-0.39, 0.29) is 18.1 Å². The number of aryl methyl sites for hydroxylation is 1. The van der Waals surface area contributed by atoms with Crippen LogP contribution in [0.2, 0.25) is 0 Å². The topological polar surface area (TPSA) is 74.8 Å². The molecule has 1 heterocycles. The van der Waals surface area contributed by atoms with E-state index in [1.807, 2.05) is 54.6 Å². The first-order chi connectivity index (χ1) is 17.5. The molecule has 1 aromatic heterocycles. The number of para-hydroxylation sites is 2. The van der Waals surface area contributed by atoms with Crippen LogP contribution in [0.5, 0.6) is 0 Å². The number of thioether (sulfide) groups is 1. The quantitative estimate of drug-likeness (QED) is 0.251. The number of aromatic nitrogens is 3. The van der Waals surface area contributed by atoms with Crippen LogP contribution in [0.3, 0.4) is 0 Å². The number of rotatable bonds is 9. The van der Waals surface area contributed by atoms with E-state index in [4.69, 9.17) is 5.26 Å². The maximum Gasteiger partial charge on any atom is 0.237 e. The summed E-state index contributed by atoms with van der Waals surface area (Å²) in [4.78, 5) is 15.0. The third kappa shape index (κ3) is 5.67. The lowest BCUT2D eigenvalue weighted by atomic mass is 10.0. The number of hydrogen-bond donors (Lipinski definition) is 0. The van der Waals surface area contributed by atoms with Gasteiger partial charge in [-0.1, -0.05) is 91.8 Å². The molecule has 0 aliphatic carbocycles. The first-order valence-electron chi connectivity index (χ1n) is 12.0. The highest BCUT2D eigenvalue weighted by molar-refractivity contribution is 7.99. The molecular formula is C29H29N5OS. The molecule has 36 heavy (non-hydrogen) atoms. The van der Waals surface area contributed by atoms with Crippen LogP contribution in [0.25, 0.3) is 17.1 Å². The van der Waals surface area contributed by atoms with Gasteiger partial charge in [0.15, 0.2) is 11.0 Å². The van der Waals surface area contributed by atoms with Crippen molar-refractivity contribution in [2.75, 3.05) is 17.2 Å². The van der Waals surface area contributed by atoms with E-state index >= 15 is 0 Å². The van der Waals surface area contributed by atoms with Gasteiger partial charge in [0.1, 0.15) is 0 Å². The first kappa shape index (κ1) is 25.2. The molecule has 0 aliphatic rings. The van der Waals surface area contributed by atoms with E-state index in [1.54, 1.807) is 4.90 Å². The number of nitrogens with zero attached hydrogens (tertiary/aromatic N) is 5. The second-order valence-corrected chi connectivity index (χ2v) is 9.74. The van der Waals surface area contributed by atoms with Gasteiger partial charge in [-0.3, -0.25) is 9.36 Å². The van der Waals surface area contributed by atoms with Crippen molar-refractivity contribution < 1.29 is 4.79 Å². The highest BCUT2D eigenvalue weighted by Crippen LogP contribution is 2.32.